The molecule has 0 amide bonds. The van der Waals surface area contributed by atoms with Crippen LogP contribution in [0.15, 0.2) is 78.6 Å². The van der Waals surface area contributed by atoms with Gasteiger partial charge in [0.25, 0.3) is 5.69 Å². The molecule has 0 aliphatic rings. The molecule has 0 spiro atoms. The van der Waals surface area contributed by atoms with Gasteiger partial charge in [-0.3, -0.25) is 10.1 Å². The summed E-state index contributed by atoms with van der Waals surface area (Å²) in [5.74, 6) is 0.511. The van der Waals surface area contributed by atoms with E-state index in [1.54, 1.807) is 18.2 Å². The Balaban J connectivity index is 1.58. The molecule has 0 bridgehead atoms. The molecule has 0 aliphatic carbocycles. The lowest BCUT2D eigenvalue weighted by Gasteiger charge is -1.99. The maximum absolute atomic E-state index is 10.8. The van der Waals surface area contributed by atoms with E-state index in [1.165, 1.54) is 30.1 Å². The van der Waals surface area contributed by atoms with Crippen LogP contribution in [0.25, 0.3) is 0 Å². The van der Waals surface area contributed by atoms with Crippen LogP contribution in [-0.4, -0.2) is 11.1 Å². The number of benzene rings is 2. The molecule has 0 fully saturated rings. The minimum Gasteiger partial charge on any atom is -0.447 e. The molecule has 27 heavy (non-hydrogen) atoms. The second kappa shape index (κ2) is 9.07. The highest BCUT2D eigenvalue weighted by Gasteiger charge is 2.10. The zero-order valence-electron chi connectivity index (χ0n) is 13.7. The van der Waals surface area contributed by atoms with Crippen molar-refractivity contribution in [2.75, 3.05) is 0 Å². The molecule has 3 rings (SSSR count). The van der Waals surface area contributed by atoms with Crippen LogP contribution in [0.4, 0.5) is 5.69 Å². The second-order valence-corrected chi connectivity index (χ2v) is 7.61. The summed E-state index contributed by atoms with van der Waals surface area (Å²) in [6.45, 7) is 0.118. The Labute approximate surface area is 172 Å². The fourth-order valence-corrected chi connectivity index (χ4v) is 3.53. The highest BCUT2D eigenvalue weighted by atomic mass is 79.9. The lowest BCUT2D eigenvalue weighted by molar-refractivity contribution is -0.384. The molecule has 6 nitrogen and oxygen atoms in total. The van der Waals surface area contributed by atoms with Crippen LogP contribution in [0, 0.1) is 10.1 Å². The first-order valence-electron chi connectivity index (χ1n) is 7.62. The third-order valence-corrected chi connectivity index (χ3v) is 5.41. The molecule has 9 heteroatoms. The fourth-order valence-electron chi connectivity index (χ4n) is 2.07. The SMILES string of the molecule is O=[N+]([O-])c1cccc(CO/N=C\c2cc(Br)c(Sc3ccc(Cl)cc3)o2)c1. The van der Waals surface area contributed by atoms with Crippen molar-refractivity contribution in [3.05, 3.63) is 85.5 Å². The van der Waals surface area contributed by atoms with Crippen molar-refractivity contribution < 1.29 is 14.2 Å². The monoisotopic (exact) mass is 466 g/mol. The molecule has 2 aromatic carbocycles. The van der Waals surface area contributed by atoms with Crippen molar-refractivity contribution in [1.29, 1.82) is 0 Å². The van der Waals surface area contributed by atoms with Gasteiger partial charge in [0.15, 0.2) is 10.9 Å². The van der Waals surface area contributed by atoms with E-state index in [-0.39, 0.29) is 12.3 Å². The Hall–Kier alpha value is -2.29. The summed E-state index contributed by atoms with van der Waals surface area (Å²) in [6.07, 6.45) is 1.44. The Morgan fingerprint density at radius 3 is 2.78 bits per heavy atom. The van der Waals surface area contributed by atoms with Crippen molar-refractivity contribution in [1.82, 2.24) is 0 Å². The summed E-state index contributed by atoms with van der Waals surface area (Å²) in [4.78, 5) is 16.5. The van der Waals surface area contributed by atoms with Crippen LogP contribution < -0.4 is 0 Å². The zero-order valence-corrected chi connectivity index (χ0v) is 16.8. The van der Waals surface area contributed by atoms with Crippen molar-refractivity contribution in [3.8, 4) is 0 Å². The predicted octanol–water partition coefficient (Wildman–Crippen LogP) is 6.31. The minimum atomic E-state index is -0.451. The zero-order chi connectivity index (χ0) is 19.2. The lowest BCUT2D eigenvalue weighted by atomic mass is 10.2. The number of nitro groups is 1. The third kappa shape index (κ3) is 5.59. The number of hydrogen-bond acceptors (Lipinski definition) is 6. The molecular formula is C18H12BrClN2O4S. The lowest BCUT2D eigenvalue weighted by Crippen LogP contribution is -1.92. The number of hydrogen-bond donors (Lipinski definition) is 0. The van der Waals surface area contributed by atoms with Gasteiger partial charge in [0.2, 0.25) is 0 Å². The molecule has 1 heterocycles. The molecule has 138 valence electrons. The molecule has 0 radical (unpaired) electrons. The van der Waals surface area contributed by atoms with Crippen LogP contribution in [0.1, 0.15) is 11.3 Å². The first-order valence-corrected chi connectivity index (χ1v) is 9.61. The van der Waals surface area contributed by atoms with Gasteiger partial charge in [-0.1, -0.05) is 40.7 Å². The van der Waals surface area contributed by atoms with Gasteiger partial charge >= 0.3 is 0 Å². The van der Waals surface area contributed by atoms with Crippen molar-refractivity contribution in [2.24, 2.45) is 5.16 Å². The highest BCUT2D eigenvalue weighted by Crippen LogP contribution is 2.35. The van der Waals surface area contributed by atoms with Crippen molar-refractivity contribution >= 4 is 51.2 Å². The summed E-state index contributed by atoms with van der Waals surface area (Å²) in [5.41, 5.74) is 0.667. The summed E-state index contributed by atoms with van der Waals surface area (Å²) in [6, 6.07) is 15.4. The quantitative estimate of drug-likeness (QED) is 0.231. The van der Waals surface area contributed by atoms with Gasteiger partial charge < -0.3 is 9.25 Å². The number of nitrogens with zero attached hydrogens (tertiary/aromatic N) is 2. The highest BCUT2D eigenvalue weighted by molar-refractivity contribution is 9.10. The van der Waals surface area contributed by atoms with Crippen molar-refractivity contribution in [2.45, 2.75) is 16.6 Å². The van der Waals surface area contributed by atoms with E-state index in [1.807, 2.05) is 24.3 Å². The first kappa shape index (κ1) is 19.5. The average Bonchev–Trinajstić information content (AvgIpc) is 3.00. The van der Waals surface area contributed by atoms with Gasteiger partial charge in [-0.2, -0.15) is 0 Å². The van der Waals surface area contributed by atoms with Crippen LogP contribution in [-0.2, 0) is 11.4 Å². The Bertz CT molecular complexity index is 976. The number of rotatable bonds is 7. The molecule has 0 N–H and O–H groups in total. The minimum absolute atomic E-state index is 0.0129. The fraction of sp³-hybridized carbons (Fsp3) is 0.0556. The van der Waals surface area contributed by atoms with Gasteiger partial charge in [-0.15, -0.1) is 0 Å². The van der Waals surface area contributed by atoms with Gasteiger partial charge in [-0.05, 0) is 45.8 Å². The topological polar surface area (TPSA) is 77.9 Å². The number of non-ortho nitro benzene ring substituents is 1. The van der Waals surface area contributed by atoms with E-state index >= 15 is 0 Å². The smallest absolute Gasteiger partial charge is 0.269 e. The molecule has 3 aromatic rings. The van der Waals surface area contributed by atoms with Gasteiger partial charge in [0.05, 0.1) is 9.40 Å². The average molecular weight is 468 g/mol. The van der Waals surface area contributed by atoms with Gasteiger partial charge in [-0.25, -0.2) is 0 Å². The molecule has 1 aromatic heterocycles. The van der Waals surface area contributed by atoms with E-state index in [4.69, 9.17) is 20.9 Å². The second-order valence-electron chi connectivity index (χ2n) is 5.28. The Morgan fingerprint density at radius 1 is 1.26 bits per heavy atom. The van der Waals surface area contributed by atoms with Crippen LogP contribution >= 0.6 is 39.3 Å². The van der Waals surface area contributed by atoms with E-state index in [9.17, 15) is 10.1 Å². The summed E-state index contributed by atoms with van der Waals surface area (Å²) in [7, 11) is 0. The number of oxime groups is 1. The maximum atomic E-state index is 10.8. The van der Waals surface area contributed by atoms with Crippen LogP contribution in [0.5, 0.6) is 0 Å². The Kier molecular flexibility index (Phi) is 6.54. The maximum Gasteiger partial charge on any atom is 0.269 e. The van der Waals surface area contributed by atoms with E-state index in [0.717, 1.165) is 9.37 Å². The van der Waals surface area contributed by atoms with Crippen molar-refractivity contribution in [3.63, 3.8) is 0 Å². The molecule has 0 unspecified atom stereocenters. The molecular weight excluding hydrogens is 456 g/mol. The van der Waals surface area contributed by atoms with E-state index in [0.29, 0.717) is 21.4 Å². The predicted molar refractivity (Wildman–Crippen MR) is 107 cm³/mol. The third-order valence-electron chi connectivity index (χ3n) is 3.31. The van der Waals surface area contributed by atoms with E-state index < -0.39 is 4.92 Å². The van der Waals surface area contributed by atoms with Gasteiger partial charge in [0.1, 0.15) is 12.8 Å². The first-order chi connectivity index (χ1) is 13.0. The molecule has 0 aliphatic heterocycles. The number of halogens is 2. The molecule has 0 atom stereocenters. The summed E-state index contributed by atoms with van der Waals surface area (Å²) < 4.78 is 6.51. The normalized spacial score (nSPS) is 11.0. The van der Waals surface area contributed by atoms with E-state index in [2.05, 4.69) is 21.1 Å². The summed E-state index contributed by atoms with van der Waals surface area (Å²) >= 11 is 10.8. The standard InChI is InChI=1S/C18H12BrClN2O4S/c19-17-9-15(26-18(17)27-16-6-4-13(20)5-7-16)10-21-25-11-12-2-1-3-14(8-12)22(23)24/h1-10H,11H2/b21-10-. The summed E-state index contributed by atoms with van der Waals surface area (Å²) in [5, 5.41) is 16.0. The molecule has 0 saturated heterocycles. The number of nitro benzene ring substituents is 1. The van der Waals surface area contributed by atoms with Gasteiger partial charge in [0, 0.05) is 28.1 Å². The van der Waals surface area contributed by atoms with Crippen LogP contribution in [0.2, 0.25) is 5.02 Å². The largest absolute Gasteiger partial charge is 0.447 e. The van der Waals surface area contributed by atoms with Crippen LogP contribution in [0.3, 0.4) is 0 Å². The molecule has 0 saturated carbocycles. The Morgan fingerprint density at radius 2 is 2.04 bits per heavy atom. The number of furan rings is 1.